The fourth-order valence-corrected chi connectivity index (χ4v) is 2.07. The minimum Gasteiger partial charge on any atom is -0.373 e. The van der Waals surface area contributed by atoms with Crippen molar-refractivity contribution < 1.29 is 9.31 Å². The zero-order valence-electron chi connectivity index (χ0n) is 10.6. The summed E-state index contributed by atoms with van der Waals surface area (Å²) >= 11 is 5.90. The van der Waals surface area contributed by atoms with Gasteiger partial charge in [0, 0.05) is 23.2 Å². The Morgan fingerprint density at radius 3 is 2.70 bits per heavy atom. The van der Waals surface area contributed by atoms with Crippen molar-refractivity contribution >= 4 is 23.0 Å². The van der Waals surface area contributed by atoms with Gasteiger partial charge in [0.2, 0.25) is 0 Å². The molecule has 0 aliphatic carbocycles. The Labute approximate surface area is 120 Å². The fourth-order valence-electron chi connectivity index (χ4n) is 1.88. The maximum atomic E-state index is 13.2. The zero-order valence-corrected chi connectivity index (χ0v) is 11.4. The predicted octanol–water partition coefficient (Wildman–Crippen LogP) is 4.56. The highest BCUT2D eigenvalue weighted by Gasteiger charge is 2.16. The second-order valence-corrected chi connectivity index (χ2v) is 4.78. The number of nitrogens with one attached hydrogen (secondary N) is 1. The number of nitro groups is 1. The van der Waals surface area contributed by atoms with Crippen LogP contribution in [0.2, 0.25) is 5.02 Å². The van der Waals surface area contributed by atoms with Crippen LogP contribution in [0.1, 0.15) is 18.5 Å². The van der Waals surface area contributed by atoms with Gasteiger partial charge in [0.25, 0.3) is 5.69 Å². The fraction of sp³-hybridized carbons (Fsp3) is 0.143. The minimum absolute atomic E-state index is 0.141. The molecule has 2 rings (SSSR count). The first-order chi connectivity index (χ1) is 9.47. The summed E-state index contributed by atoms with van der Waals surface area (Å²) in [6, 6.07) is 10.2. The summed E-state index contributed by atoms with van der Waals surface area (Å²) < 4.78 is 13.2. The van der Waals surface area contributed by atoms with Crippen LogP contribution in [0.15, 0.2) is 42.5 Å². The molecule has 0 amide bonds. The number of halogens is 2. The Kier molecular flexibility index (Phi) is 4.20. The molecule has 2 aromatic carbocycles. The van der Waals surface area contributed by atoms with Crippen molar-refractivity contribution in [1.82, 2.24) is 0 Å². The third-order valence-corrected chi connectivity index (χ3v) is 3.11. The highest BCUT2D eigenvalue weighted by molar-refractivity contribution is 6.30. The number of rotatable bonds is 4. The smallest absolute Gasteiger partial charge is 0.292 e. The van der Waals surface area contributed by atoms with E-state index < -0.39 is 10.7 Å². The third-order valence-electron chi connectivity index (χ3n) is 2.88. The molecule has 2 aromatic rings. The standard InChI is InChI=1S/C14H12ClFN2O2/c1-9(10-3-2-4-11(15)7-10)17-13-8-12(16)5-6-14(13)18(19)20/h2-9,17H,1H3. The summed E-state index contributed by atoms with van der Waals surface area (Å²) in [5.41, 5.74) is 0.832. The second-order valence-electron chi connectivity index (χ2n) is 4.34. The van der Waals surface area contributed by atoms with Gasteiger partial charge in [-0.2, -0.15) is 0 Å². The van der Waals surface area contributed by atoms with E-state index in [2.05, 4.69) is 5.32 Å². The molecule has 0 saturated carbocycles. The monoisotopic (exact) mass is 294 g/mol. The first kappa shape index (κ1) is 14.3. The van der Waals surface area contributed by atoms with Gasteiger partial charge in [0.05, 0.1) is 4.92 Å². The number of nitrogens with zero attached hydrogens (tertiary/aromatic N) is 1. The Balaban J connectivity index is 2.29. The lowest BCUT2D eigenvalue weighted by Crippen LogP contribution is -2.08. The molecule has 0 spiro atoms. The van der Waals surface area contributed by atoms with Crippen LogP contribution in [0, 0.1) is 15.9 Å². The molecule has 6 heteroatoms. The van der Waals surface area contributed by atoms with Crippen LogP contribution in [0.3, 0.4) is 0 Å². The average molecular weight is 295 g/mol. The Morgan fingerprint density at radius 2 is 2.05 bits per heavy atom. The molecule has 20 heavy (non-hydrogen) atoms. The first-order valence-corrected chi connectivity index (χ1v) is 6.31. The summed E-state index contributed by atoms with van der Waals surface area (Å²) in [6.07, 6.45) is 0. The molecular formula is C14H12ClFN2O2. The van der Waals surface area contributed by atoms with Crippen molar-refractivity contribution in [2.45, 2.75) is 13.0 Å². The van der Waals surface area contributed by atoms with Gasteiger partial charge in [-0.15, -0.1) is 0 Å². The molecule has 0 bridgehead atoms. The maximum absolute atomic E-state index is 13.2. The molecule has 0 heterocycles. The van der Waals surface area contributed by atoms with Gasteiger partial charge < -0.3 is 5.32 Å². The molecule has 1 atom stereocenters. The van der Waals surface area contributed by atoms with Crippen LogP contribution in [0.25, 0.3) is 0 Å². The summed E-state index contributed by atoms with van der Waals surface area (Å²) in [7, 11) is 0. The van der Waals surface area contributed by atoms with E-state index in [1.165, 1.54) is 0 Å². The highest BCUT2D eigenvalue weighted by atomic mass is 35.5. The number of hydrogen-bond acceptors (Lipinski definition) is 3. The summed E-state index contributed by atoms with van der Waals surface area (Å²) in [5.74, 6) is -0.531. The molecule has 0 saturated heterocycles. The van der Waals surface area contributed by atoms with E-state index in [4.69, 9.17) is 11.6 Å². The van der Waals surface area contributed by atoms with Crippen molar-refractivity contribution in [2.24, 2.45) is 0 Å². The van der Waals surface area contributed by atoms with E-state index in [0.717, 1.165) is 23.8 Å². The second kappa shape index (κ2) is 5.88. The van der Waals surface area contributed by atoms with Gasteiger partial charge in [-0.05, 0) is 30.7 Å². The number of benzene rings is 2. The molecule has 0 aromatic heterocycles. The van der Waals surface area contributed by atoms with Gasteiger partial charge in [-0.3, -0.25) is 10.1 Å². The average Bonchev–Trinajstić information content (AvgIpc) is 2.38. The van der Waals surface area contributed by atoms with Gasteiger partial charge in [-0.25, -0.2) is 4.39 Å². The summed E-state index contributed by atoms with van der Waals surface area (Å²) in [4.78, 5) is 10.4. The van der Waals surface area contributed by atoms with E-state index in [1.54, 1.807) is 18.2 Å². The highest BCUT2D eigenvalue weighted by Crippen LogP contribution is 2.29. The van der Waals surface area contributed by atoms with Crippen LogP contribution in [0.4, 0.5) is 15.8 Å². The minimum atomic E-state index is -0.549. The lowest BCUT2D eigenvalue weighted by Gasteiger charge is -2.16. The number of hydrogen-bond donors (Lipinski definition) is 1. The van der Waals surface area contributed by atoms with Crippen molar-refractivity contribution in [3.8, 4) is 0 Å². The Morgan fingerprint density at radius 1 is 1.30 bits per heavy atom. The predicted molar refractivity (Wildman–Crippen MR) is 76.5 cm³/mol. The third kappa shape index (κ3) is 3.24. The molecule has 104 valence electrons. The Bertz CT molecular complexity index is 649. The van der Waals surface area contributed by atoms with Crippen molar-refractivity contribution in [2.75, 3.05) is 5.32 Å². The van der Waals surface area contributed by atoms with E-state index in [9.17, 15) is 14.5 Å². The lowest BCUT2D eigenvalue weighted by molar-refractivity contribution is -0.384. The lowest BCUT2D eigenvalue weighted by atomic mass is 10.1. The zero-order chi connectivity index (χ0) is 14.7. The molecule has 0 aliphatic rings. The van der Waals surface area contributed by atoms with Crippen LogP contribution >= 0.6 is 11.6 Å². The molecule has 0 fully saturated rings. The molecule has 0 radical (unpaired) electrons. The van der Waals surface area contributed by atoms with Gasteiger partial charge in [0.1, 0.15) is 11.5 Å². The van der Waals surface area contributed by atoms with Gasteiger partial charge in [0.15, 0.2) is 0 Å². The topological polar surface area (TPSA) is 55.2 Å². The maximum Gasteiger partial charge on any atom is 0.292 e. The number of nitro benzene ring substituents is 1. The van der Waals surface area contributed by atoms with Crippen LogP contribution in [0.5, 0.6) is 0 Å². The molecule has 4 nitrogen and oxygen atoms in total. The Hall–Kier alpha value is -2.14. The normalized spacial score (nSPS) is 11.9. The van der Waals surface area contributed by atoms with Crippen molar-refractivity contribution in [3.63, 3.8) is 0 Å². The first-order valence-electron chi connectivity index (χ1n) is 5.93. The molecule has 1 N–H and O–H groups in total. The summed E-state index contributed by atoms with van der Waals surface area (Å²) in [6.45, 7) is 1.82. The van der Waals surface area contributed by atoms with Crippen LogP contribution in [-0.4, -0.2) is 4.92 Å². The molecular weight excluding hydrogens is 283 g/mol. The number of anilines is 1. The quantitative estimate of drug-likeness (QED) is 0.664. The van der Waals surface area contributed by atoms with E-state index >= 15 is 0 Å². The van der Waals surface area contributed by atoms with E-state index in [1.807, 2.05) is 13.0 Å². The molecule has 1 unspecified atom stereocenters. The van der Waals surface area contributed by atoms with E-state index in [0.29, 0.717) is 5.02 Å². The largest absolute Gasteiger partial charge is 0.373 e. The van der Waals surface area contributed by atoms with E-state index in [-0.39, 0.29) is 17.4 Å². The van der Waals surface area contributed by atoms with Gasteiger partial charge in [-0.1, -0.05) is 23.7 Å². The summed E-state index contributed by atoms with van der Waals surface area (Å²) in [5, 5.41) is 14.4. The molecule has 0 aliphatic heterocycles. The SMILES string of the molecule is CC(Nc1cc(F)ccc1[N+](=O)[O-])c1cccc(Cl)c1. The van der Waals surface area contributed by atoms with Crippen LogP contribution in [-0.2, 0) is 0 Å². The van der Waals surface area contributed by atoms with Gasteiger partial charge >= 0.3 is 0 Å². The van der Waals surface area contributed by atoms with Crippen molar-refractivity contribution in [3.05, 3.63) is 69.0 Å². The van der Waals surface area contributed by atoms with Crippen LogP contribution < -0.4 is 5.32 Å². The van der Waals surface area contributed by atoms with Crippen molar-refractivity contribution in [1.29, 1.82) is 0 Å².